The molecule has 1 aliphatic rings. The van der Waals surface area contributed by atoms with Crippen molar-refractivity contribution >= 4 is 17.9 Å². The lowest BCUT2D eigenvalue weighted by Gasteiger charge is -2.42. The van der Waals surface area contributed by atoms with Gasteiger partial charge in [-0.2, -0.15) is 26.3 Å². The minimum atomic E-state index is -6.28. The first-order chi connectivity index (χ1) is 15.3. The van der Waals surface area contributed by atoms with E-state index in [1.807, 2.05) is 0 Å². The number of fused-ring (bicyclic) bond motifs is 1. The monoisotopic (exact) mass is 478 g/mol. The predicted octanol–water partition coefficient (Wildman–Crippen LogP) is 3.77. The summed E-state index contributed by atoms with van der Waals surface area (Å²) < 4.78 is 93.7. The number of carbonyl (C=O) groups excluding carboxylic acids is 2. The highest BCUT2D eigenvalue weighted by Crippen LogP contribution is 2.53. The van der Waals surface area contributed by atoms with E-state index in [2.05, 4.69) is 10.4 Å². The highest BCUT2D eigenvalue weighted by Gasteiger charge is 2.73. The van der Waals surface area contributed by atoms with Crippen LogP contribution < -0.4 is 10.3 Å². The van der Waals surface area contributed by atoms with Crippen molar-refractivity contribution in [3.63, 3.8) is 0 Å². The maximum Gasteiger partial charge on any atom is 0.435 e. The standard InChI is InChI=1S/C20H17F7N4O2/c1-12(33)31-16-5-4-15(18(21,19(22,23)24)20(25,26)27)7-14(16)10-30(17(31)11-32)29-9-13-3-2-6-28-8-13/h2-8,11,17,29H,9-10H2,1H3. The Balaban J connectivity index is 2.06. The number of hydrogen-bond donors (Lipinski definition) is 1. The molecule has 1 atom stereocenters. The van der Waals surface area contributed by atoms with Crippen molar-refractivity contribution in [1.82, 2.24) is 15.4 Å². The van der Waals surface area contributed by atoms with Crippen LogP contribution in [0.1, 0.15) is 23.6 Å². The first-order valence-corrected chi connectivity index (χ1v) is 9.41. The SMILES string of the molecule is CC(=O)N1c2ccc(C(F)(C(F)(F)F)C(F)(F)F)cc2CN(NCc2cccnc2)C1C=O. The van der Waals surface area contributed by atoms with Gasteiger partial charge in [0.1, 0.15) is 0 Å². The molecular weight excluding hydrogens is 461 g/mol. The van der Waals surface area contributed by atoms with Crippen molar-refractivity contribution in [3.05, 3.63) is 59.4 Å². The zero-order valence-corrected chi connectivity index (χ0v) is 16.9. The molecule has 0 aliphatic carbocycles. The number of carbonyl (C=O) groups is 2. The van der Waals surface area contributed by atoms with E-state index in [1.165, 1.54) is 12.4 Å². The van der Waals surface area contributed by atoms with Crippen molar-refractivity contribution in [1.29, 1.82) is 0 Å². The number of halogens is 7. The maximum absolute atomic E-state index is 14.6. The summed E-state index contributed by atoms with van der Waals surface area (Å²) in [5.74, 6) is -0.702. The van der Waals surface area contributed by atoms with E-state index >= 15 is 0 Å². The van der Waals surface area contributed by atoms with E-state index in [1.54, 1.807) is 12.1 Å². The van der Waals surface area contributed by atoms with E-state index in [0.717, 1.165) is 22.9 Å². The largest absolute Gasteiger partial charge is 0.435 e. The van der Waals surface area contributed by atoms with Crippen LogP contribution in [-0.2, 0) is 28.3 Å². The van der Waals surface area contributed by atoms with Gasteiger partial charge in [-0.05, 0) is 29.3 Å². The number of rotatable bonds is 5. The molecule has 0 saturated heterocycles. The summed E-state index contributed by atoms with van der Waals surface area (Å²) in [6.45, 7) is 0.767. The molecule has 2 aromatic rings. The molecule has 33 heavy (non-hydrogen) atoms. The van der Waals surface area contributed by atoms with Crippen LogP contribution in [0.3, 0.4) is 0 Å². The third-order valence-electron chi connectivity index (χ3n) is 5.11. The number of nitrogens with one attached hydrogen (secondary N) is 1. The number of hydrazine groups is 1. The van der Waals surface area contributed by atoms with Crippen LogP contribution in [0, 0.1) is 0 Å². The molecule has 1 amide bonds. The summed E-state index contributed by atoms with van der Waals surface area (Å²) in [7, 11) is 0. The number of amides is 1. The van der Waals surface area contributed by atoms with Crippen LogP contribution in [0.25, 0.3) is 0 Å². The Morgan fingerprint density at radius 3 is 2.33 bits per heavy atom. The van der Waals surface area contributed by atoms with Gasteiger partial charge in [0, 0.05) is 38.0 Å². The van der Waals surface area contributed by atoms with Crippen molar-refractivity contribution in [3.8, 4) is 0 Å². The predicted molar refractivity (Wildman–Crippen MR) is 101 cm³/mol. The number of pyridine rings is 1. The molecule has 2 heterocycles. The van der Waals surface area contributed by atoms with Crippen LogP contribution in [0.15, 0.2) is 42.7 Å². The molecule has 1 N–H and O–H groups in total. The highest BCUT2D eigenvalue weighted by atomic mass is 19.4. The van der Waals surface area contributed by atoms with E-state index in [-0.39, 0.29) is 24.3 Å². The molecule has 13 heteroatoms. The Morgan fingerprint density at radius 1 is 1.15 bits per heavy atom. The molecule has 0 saturated carbocycles. The number of aromatic nitrogens is 1. The number of nitrogens with zero attached hydrogens (tertiary/aromatic N) is 3. The number of hydrogen-bond acceptors (Lipinski definition) is 5. The second kappa shape index (κ2) is 8.71. The molecule has 3 rings (SSSR count). The molecule has 178 valence electrons. The van der Waals surface area contributed by atoms with E-state index in [0.29, 0.717) is 24.0 Å². The third kappa shape index (κ3) is 4.42. The smallest absolute Gasteiger partial charge is 0.299 e. The molecule has 0 radical (unpaired) electrons. The number of benzene rings is 1. The average molecular weight is 478 g/mol. The van der Waals surface area contributed by atoms with Gasteiger partial charge in [-0.1, -0.05) is 12.1 Å². The fourth-order valence-corrected chi connectivity index (χ4v) is 3.54. The van der Waals surface area contributed by atoms with Gasteiger partial charge >= 0.3 is 18.0 Å². The first-order valence-electron chi connectivity index (χ1n) is 9.41. The summed E-state index contributed by atoms with van der Waals surface area (Å²) in [6.07, 6.45) is -10.4. The van der Waals surface area contributed by atoms with Gasteiger partial charge in [0.15, 0.2) is 12.5 Å². The Morgan fingerprint density at radius 2 is 1.82 bits per heavy atom. The Bertz CT molecular complexity index is 1010. The molecular formula is C20H17F7N4O2. The summed E-state index contributed by atoms with van der Waals surface area (Å²) in [5.41, 5.74) is -4.15. The number of anilines is 1. The highest BCUT2D eigenvalue weighted by molar-refractivity contribution is 5.96. The number of alkyl halides is 7. The van der Waals surface area contributed by atoms with Gasteiger partial charge in [-0.15, -0.1) is 0 Å². The Kier molecular flexibility index (Phi) is 6.48. The molecule has 1 unspecified atom stereocenters. The Labute approximate surface area is 183 Å². The fraction of sp³-hybridized carbons (Fsp3) is 0.350. The normalized spacial score (nSPS) is 17.6. The maximum atomic E-state index is 14.6. The molecule has 0 fully saturated rings. The van der Waals surface area contributed by atoms with Crippen LogP contribution in [0.4, 0.5) is 36.4 Å². The minimum Gasteiger partial charge on any atom is -0.299 e. The van der Waals surface area contributed by atoms with Gasteiger partial charge in [-0.3, -0.25) is 19.5 Å². The second-order valence-electron chi connectivity index (χ2n) is 7.26. The molecule has 0 bridgehead atoms. The zero-order chi connectivity index (χ0) is 24.6. The van der Waals surface area contributed by atoms with Crippen LogP contribution in [0.2, 0.25) is 0 Å². The minimum absolute atomic E-state index is 0.0805. The first kappa shape index (κ1) is 24.6. The van der Waals surface area contributed by atoms with E-state index in [9.17, 15) is 40.3 Å². The van der Waals surface area contributed by atoms with Gasteiger partial charge in [-0.25, -0.2) is 14.8 Å². The van der Waals surface area contributed by atoms with Gasteiger partial charge in [0.2, 0.25) is 5.91 Å². The van der Waals surface area contributed by atoms with Crippen molar-refractivity contribution < 1.29 is 40.3 Å². The Hall–Kier alpha value is -3.06. The molecule has 6 nitrogen and oxygen atoms in total. The second-order valence-corrected chi connectivity index (χ2v) is 7.26. The number of aldehydes is 1. The topological polar surface area (TPSA) is 65.5 Å². The summed E-state index contributed by atoms with van der Waals surface area (Å²) in [6, 6.07) is 4.80. The van der Waals surface area contributed by atoms with Crippen molar-refractivity contribution in [2.45, 2.75) is 44.2 Å². The summed E-state index contributed by atoms with van der Waals surface area (Å²) >= 11 is 0. The molecule has 1 aliphatic heterocycles. The fourth-order valence-electron chi connectivity index (χ4n) is 3.54. The molecule has 0 spiro atoms. The van der Waals surface area contributed by atoms with Crippen LogP contribution in [0.5, 0.6) is 0 Å². The van der Waals surface area contributed by atoms with E-state index < -0.39 is 35.7 Å². The lowest BCUT2D eigenvalue weighted by molar-refractivity contribution is -0.348. The molecule has 1 aromatic heterocycles. The van der Waals surface area contributed by atoms with Crippen molar-refractivity contribution in [2.75, 3.05) is 4.90 Å². The van der Waals surface area contributed by atoms with Crippen molar-refractivity contribution in [2.24, 2.45) is 0 Å². The average Bonchev–Trinajstić information content (AvgIpc) is 2.74. The van der Waals surface area contributed by atoms with Gasteiger partial charge in [0.05, 0.1) is 5.69 Å². The van der Waals surface area contributed by atoms with Crippen LogP contribution >= 0.6 is 0 Å². The lowest BCUT2D eigenvalue weighted by Crippen LogP contribution is -2.59. The van der Waals surface area contributed by atoms with Crippen LogP contribution in [-0.4, -0.2) is 40.7 Å². The van der Waals surface area contributed by atoms with Gasteiger partial charge < -0.3 is 0 Å². The molecule has 1 aromatic carbocycles. The summed E-state index contributed by atoms with van der Waals surface area (Å²) in [4.78, 5) is 28.8. The quantitative estimate of drug-likeness (QED) is 0.524. The summed E-state index contributed by atoms with van der Waals surface area (Å²) in [5, 5.41) is 1.16. The lowest BCUT2D eigenvalue weighted by atomic mass is 9.91. The third-order valence-corrected chi connectivity index (χ3v) is 5.11. The zero-order valence-electron chi connectivity index (χ0n) is 16.9. The van der Waals surface area contributed by atoms with Gasteiger partial charge in [0.25, 0.3) is 0 Å². The van der Waals surface area contributed by atoms with E-state index in [4.69, 9.17) is 0 Å².